The SMILES string of the molecule is F.O=C1c2cc(Br)sc2C(=O)c2ccsc21.O=C1c2cc(N(c3ccccc3)c3cccc4c3oc3ccccc34)sc2C(=O)c2ccsc21.c1ccc(Nc2cccc3c2oc2ccccc23)cc1. The number of carbonyl (C=O) groups excluding carboxylic acids is 4. The van der Waals surface area contributed by atoms with Crippen molar-refractivity contribution in [1.82, 2.24) is 0 Å². The average Bonchev–Trinajstić information content (AvgIpc) is 4.25. The highest BCUT2D eigenvalue weighted by atomic mass is 79.9. The van der Waals surface area contributed by atoms with Crippen LogP contribution in [0.2, 0.25) is 0 Å². The number of carbonyl (C=O) groups is 4. The van der Waals surface area contributed by atoms with E-state index in [1.54, 1.807) is 29.0 Å². The predicted octanol–water partition coefficient (Wildman–Crippen LogP) is 16.8. The van der Waals surface area contributed by atoms with E-state index in [2.05, 4.69) is 56.5 Å². The first kappa shape index (κ1) is 44.9. The number of nitrogens with zero attached hydrogens (tertiary/aromatic N) is 1. The Hall–Kier alpha value is -7.59. The van der Waals surface area contributed by atoms with Crippen LogP contribution in [0.1, 0.15) is 60.9 Å². The standard InChI is InChI=1S/C28H15NO3S2.C18H13NO.C10H3BrO2S2.FH/c30-24-19-13-14-33-27(19)25(31)20-15-23(34-28(20)24)29(16-7-2-1-3-8-16)21-11-6-10-18-17-9-4-5-12-22(17)32-26(18)21;1-2-7-13(8-3-1)19-16-11-6-10-15-14-9-4-5-12-17(14)20-18(15)16;11-6-3-5-8(13)9-4(1-2-14-9)7(12)10(5)15-6;/h1-15H;1-12,19H;1-3H;1H. The van der Waals surface area contributed by atoms with Gasteiger partial charge in [0.2, 0.25) is 23.1 Å². The van der Waals surface area contributed by atoms with E-state index in [1.165, 1.54) is 45.3 Å². The predicted molar refractivity (Wildman–Crippen MR) is 287 cm³/mol. The third-order valence-electron chi connectivity index (χ3n) is 11.9. The van der Waals surface area contributed by atoms with Gasteiger partial charge in [0.05, 0.1) is 34.7 Å². The van der Waals surface area contributed by atoms with Crippen molar-refractivity contribution in [2.75, 3.05) is 10.2 Å². The number of furan rings is 2. The number of thiophene rings is 4. The van der Waals surface area contributed by atoms with Crippen molar-refractivity contribution in [3.8, 4) is 0 Å². The molecule has 340 valence electrons. The average molecular weight is 1060 g/mol. The second-order valence-electron chi connectivity index (χ2n) is 16.0. The van der Waals surface area contributed by atoms with Crippen molar-refractivity contribution < 1.29 is 32.7 Å². The van der Waals surface area contributed by atoms with Gasteiger partial charge in [-0.1, -0.05) is 97.1 Å². The number of hydrogen-bond donors (Lipinski definition) is 1. The molecule has 0 atom stereocenters. The van der Waals surface area contributed by atoms with Crippen LogP contribution in [-0.4, -0.2) is 23.1 Å². The van der Waals surface area contributed by atoms with E-state index < -0.39 is 0 Å². The molecule has 14 heteroatoms. The molecule has 2 aliphatic rings. The topological polar surface area (TPSA) is 110 Å². The highest BCUT2D eigenvalue weighted by molar-refractivity contribution is 9.11. The first-order chi connectivity index (χ1) is 33.8. The summed E-state index contributed by atoms with van der Waals surface area (Å²) < 4.78 is 13.1. The van der Waals surface area contributed by atoms with Gasteiger partial charge >= 0.3 is 0 Å². The summed E-state index contributed by atoms with van der Waals surface area (Å²) >= 11 is 8.61. The van der Waals surface area contributed by atoms with Crippen molar-refractivity contribution >= 4 is 156 Å². The van der Waals surface area contributed by atoms with Crippen LogP contribution in [0.3, 0.4) is 0 Å². The molecule has 1 N–H and O–H groups in total. The summed E-state index contributed by atoms with van der Waals surface area (Å²) in [4.78, 5) is 54.5. The second kappa shape index (κ2) is 18.4. The number of rotatable bonds is 5. The van der Waals surface area contributed by atoms with E-state index in [0.29, 0.717) is 41.8 Å². The lowest BCUT2D eigenvalue weighted by molar-refractivity contribution is 0.0986. The summed E-state index contributed by atoms with van der Waals surface area (Å²) in [6, 6.07) is 55.5. The maximum absolute atomic E-state index is 13.2. The van der Waals surface area contributed by atoms with Gasteiger partial charge in [-0.05, 0) is 99.5 Å². The Morgan fingerprint density at radius 2 is 0.957 bits per heavy atom. The fraction of sp³-hybridized carbons (Fsp3) is 0. The van der Waals surface area contributed by atoms with E-state index in [0.717, 1.165) is 75.4 Å². The number of benzene rings is 6. The van der Waals surface area contributed by atoms with Crippen LogP contribution in [0.5, 0.6) is 0 Å². The minimum atomic E-state index is -0.0861. The lowest BCUT2D eigenvalue weighted by atomic mass is 9.96. The smallest absolute Gasteiger partial charge is 0.205 e. The molecule has 8 nitrogen and oxygen atoms in total. The molecule has 6 aromatic heterocycles. The van der Waals surface area contributed by atoms with Gasteiger partial charge in [-0.3, -0.25) is 28.8 Å². The molecule has 0 amide bonds. The second-order valence-corrected chi connectivity index (χ2v) is 21.3. The van der Waals surface area contributed by atoms with Crippen LogP contribution >= 0.6 is 61.3 Å². The molecule has 6 heterocycles. The molecule has 0 bridgehead atoms. The lowest BCUT2D eigenvalue weighted by Gasteiger charge is -2.23. The van der Waals surface area contributed by atoms with Crippen LogP contribution in [0.25, 0.3) is 43.9 Å². The molecule has 0 saturated heterocycles. The maximum Gasteiger partial charge on any atom is 0.205 e. The van der Waals surface area contributed by atoms with Crippen molar-refractivity contribution in [2.24, 2.45) is 0 Å². The Kier molecular flexibility index (Phi) is 11.8. The normalized spacial score (nSPS) is 12.4. The van der Waals surface area contributed by atoms with Gasteiger partial charge in [-0.2, -0.15) is 0 Å². The molecule has 0 fully saturated rings. The zero-order chi connectivity index (χ0) is 46.8. The van der Waals surface area contributed by atoms with Gasteiger partial charge in [-0.25, -0.2) is 0 Å². The number of anilines is 5. The van der Waals surface area contributed by atoms with E-state index in [9.17, 15) is 19.2 Å². The molecular formula is C56H32BrFN2O6S4. The third-order valence-corrected chi connectivity index (χ3v) is 16.5. The Morgan fingerprint density at radius 1 is 0.457 bits per heavy atom. The zero-order valence-electron chi connectivity index (χ0n) is 36.1. The Bertz CT molecular complexity index is 3920. The molecule has 0 saturated carbocycles. The fourth-order valence-electron chi connectivity index (χ4n) is 8.73. The van der Waals surface area contributed by atoms with Crippen LogP contribution in [0.15, 0.2) is 193 Å². The van der Waals surface area contributed by atoms with Gasteiger partial charge in [0.15, 0.2) is 11.2 Å². The first-order valence-electron chi connectivity index (χ1n) is 21.6. The van der Waals surface area contributed by atoms with E-state index >= 15 is 0 Å². The van der Waals surface area contributed by atoms with Crippen molar-refractivity contribution in [3.05, 3.63) is 226 Å². The molecule has 12 aromatic rings. The molecule has 0 radical (unpaired) electrons. The number of hydrogen-bond acceptors (Lipinski definition) is 12. The van der Waals surface area contributed by atoms with E-state index in [-0.39, 0.29) is 27.8 Å². The molecule has 70 heavy (non-hydrogen) atoms. The summed E-state index contributed by atoms with van der Waals surface area (Å²) in [7, 11) is 0. The fourth-order valence-corrected chi connectivity index (χ4v) is 13.1. The molecule has 0 spiro atoms. The quantitative estimate of drug-likeness (QED) is 0.182. The summed E-state index contributed by atoms with van der Waals surface area (Å²) in [5.41, 5.74) is 9.27. The Labute approximate surface area is 422 Å². The van der Waals surface area contributed by atoms with Crippen LogP contribution in [-0.2, 0) is 0 Å². The molecular weight excluding hydrogens is 1020 g/mol. The van der Waals surface area contributed by atoms with Crippen LogP contribution < -0.4 is 10.2 Å². The summed E-state index contributed by atoms with van der Waals surface area (Å²) in [5.74, 6) is -0.234. The van der Waals surface area contributed by atoms with Crippen LogP contribution in [0, 0.1) is 0 Å². The number of para-hydroxylation sites is 6. The number of ketones is 4. The monoisotopic (exact) mass is 1050 g/mol. The number of halogens is 2. The highest BCUT2D eigenvalue weighted by Gasteiger charge is 2.35. The number of nitrogens with one attached hydrogen (secondary N) is 1. The van der Waals surface area contributed by atoms with Crippen molar-refractivity contribution in [2.45, 2.75) is 0 Å². The van der Waals surface area contributed by atoms with E-state index in [1.807, 2.05) is 121 Å². The summed E-state index contributed by atoms with van der Waals surface area (Å²) in [5, 5.41) is 12.2. The minimum absolute atomic E-state index is 0. The van der Waals surface area contributed by atoms with Gasteiger partial charge in [0, 0.05) is 55.2 Å². The van der Waals surface area contributed by atoms with Crippen molar-refractivity contribution in [1.29, 1.82) is 0 Å². The largest absolute Gasteiger partial charge is 0.454 e. The minimum Gasteiger partial charge on any atom is -0.454 e. The Balaban J connectivity index is 0.000000125. The summed E-state index contributed by atoms with van der Waals surface area (Å²) in [6.45, 7) is 0. The Morgan fingerprint density at radius 3 is 1.60 bits per heavy atom. The van der Waals surface area contributed by atoms with E-state index in [4.69, 9.17) is 8.83 Å². The lowest BCUT2D eigenvalue weighted by Crippen LogP contribution is -2.15. The van der Waals surface area contributed by atoms with Gasteiger partial charge in [0.25, 0.3) is 0 Å². The molecule has 6 aromatic carbocycles. The van der Waals surface area contributed by atoms with Gasteiger partial charge < -0.3 is 14.2 Å². The van der Waals surface area contributed by atoms with Crippen LogP contribution in [0.4, 0.5) is 32.5 Å². The third kappa shape index (κ3) is 7.70. The van der Waals surface area contributed by atoms with Crippen molar-refractivity contribution in [3.63, 3.8) is 0 Å². The van der Waals surface area contributed by atoms with Gasteiger partial charge in [-0.15, -0.1) is 45.3 Å². The van der Waals surface area contributed by atoms with Gasteiger partial charge in [0.1, 0.15) is 16.2 Å². The highest BCUT2D eigenvalue weighted by Crippen LogP contribution is 2.47. The maximum atomic E-state index is 13.2. The molecule has 14 rings (SSSR count). The first-order valence-corrected chi connectivity index (χ1v) is 25.7. The number of fused-ring (bicyclic) bond motifs is 10. The molecule has 2 aliphatic carbocycles. The molecule has 0 aliphatic heterocycles. The summed E-state index contributed by atoms with van der Waals surface area (Å²) in [6.07, 6.45) is 0. The zero-order valence-corrected chi connectivity index (χ0v) is 41.0. The molecule has 0 unspecified atom stereocenters.